The van der Waals surface area contributed by atoms with Gasteiger partial charge in [0.15, 0.2) is 17.3 Å². The molecule has 2 amide bonds. The van der Waals surface area contributed by atoms with Gasteiger partial charge in [0.25, 0.3) is 5.91 Å². The first-order valence-corrected chi connectivity index (χ1v) is 10.4. The minimum Gasteiger partial charge on any atom is -0.454 e. The van der Waals surface area contributed by atoms with Crippen molar-refractivity contribution in [3.05, 3.63) is 51.8 Å². The Morgan fingerprint density at radius 1 is 1.00 bits per heavy atom. The van der Waals surface area contributed by atoms with Crippen molar-refractivity contribution in [2.24, 2.45) is 5.92 Å². The minimum absolute atomic E-state index is 0.0437. The monoisotopic (exact) mass is 442 g/mol. The van der Waals surface area contributed by atoms with Crippen LogP contribution in [0.15, 0.2) is 34.7 Å². The summed E-state index contributed by atoms with van der Waals surface area (Å²) < 4.78 is 15.7. The first-order chi connectivity index (χ1) is 15.5. The molecule has 0 atom stereocenters. The molecule has 2 saturated heterocycles. The van der Waals surface area contributed by atoms with Crippen LogP contribution in [-0.4, -0.2) is 77.5 Å². The summed E-state index contributed by atoms with van der Waals surface area (Å²) in [4.78, 5) is 40.8. The van der Waals surface area contributed by atoms with Crippen molar-refractivity contribution in [2.75, 3.05) is 46.1 Å². The van der Waals surface area contributed by atoms with Crippen molar-refractivity contribution in [2.45, 2.75) is 6.54 Å². The maximum absolute atomic E-state index is 12.8. The number of nitro groups is 1. The standard InChI is InChI=1S/C21H22N4O7/c26-20(15-11-24(12-15)21(27)17-3-4-19(32-17)25(28)29)23-7-5-22(6-8-23)10-14-1-2-16-18(9-14)31-13-30-16/h1-4,9,15H,5-8,10-13H2. The zero-order valence-corrected chi connectivity index (χ0v) is 17.3. The van der Waals surface area contributed by atoms with Crippen molar-refractivity contribution >= 4 is 17.7 Å². The van der Waals surface area contributed by atoms with E-state index in [1.807, 2.05) is 23.1 Å². The van der Waals surface area contributed by atoms with Gasteiger partial charge < -0.3 is 23.7 Å². The second kappa shape index (κ2) is 8.15. The van der Waals surface area contributed by atoms with E-state index in [2.05, 4.69) is 4.90 Å². The molecule has 0 radical (unpaired) electrons. The van der Waals surface area contributed by atoms with Crippen molar-refractivity contribution in [3.8, 4) is 11.5 Å². The van der Waals surface area contributed by atoms with Gasteiger partial charge in [-0.25, -0.2) is 0 Å². The number of amides is 2. The lowest BCUT2D eigenvalue weighted by Crippen LogP contribution is -2.59. The van der Waals surface area contributed by atoms with Crippen LogP contribution >= 0.6 is 0 Å². The van der Waals surface area contributed by atoms with Gasteiger partial charge in [-0.15, -0.1) is 0 Å². The summed E-state index contributed by atoms with van der Waals surface area (Å²) in [6.45, 7) is 4.44. The Morgan fingerprint density at radius 2 is 1.75 bits per heavy atom. The fourth-order valence-corrected chi connectivity index (χ4v) is 4.18. The summed E-state index contributed by atoms with van der Waals surface area (Å²) in [5.74, 6) is 0.342. The SMILES string of the molecule is O=C(c1ccc([N+](=O)[O-])o1)N1CC(C(=O)N2CCN(Cc3ccc4c(c3)OCO4)CC2)C1. The average Bonchev–Trinajstić information content (AvgIpc) is 3.42. The molecule has 2 fully saturated rings. The van der Waals surface area contributed by atoms with E-state index in [1.165, 1.54) is 11.0 Å². The third kappa shape index (κ3) is 3.86. The van der Waals surface area contributed by atoms with Crippen LogP contribution in [0.2, 0.25) is 0 Å². The summed E-state index contributed by atoms with van der Waals surface area (Å²) in [5.41, 5.74) is 1.14. The molecule has 3 aliphatic rings. The normalized spacial score (nSPS) is 18.5. The molecule has 0 N–H and O–H groups in total. The Morgan fingerprint density at radius 3 is 2.47 bits per heavy atom. The van der Waals surface area contributed by atoms with Crippen LogP contribution in [0.25, 0.3) is 0 Å². The molecule has 1 aromatic heterocycles. The number of piperazine rings is 1. The highest BCUT2D eigenvalue weighted by atomic mass is 16.7. The molecule has 168 valence electrons. The van der Waals surface area contributed by atoms with E-state index in [1.54, 1.807) is 0 Å². The molecule has 0 spiro atoms. The number of carbonyl (C=O) groups excluding carboxylic acids is 2. The van der Waals surface area contributed by atoms with Crippen molar-refractivity contribution < 1.29 is 28.4 Å². The third-order valence-corrected chi connectivity index (χ3v) is 6.03. The second-order valence-electron chi connectivity index (χ2n) is 8.09. The van der Waals surface area contributed by atoms with Crippen LogP contribution in [0.3, 0.4) is 0 Å². The van der Waals surface area contributed by atoms with E-state index >= 15 is 0 Å². The Hall–Kier alpha value is -3.60. The predicted octanol–water partition coefficient (Wildman–Crippen LogP) is 1.33. The Balaban J connectivity index is 1.08. The smallest absolute Gasteiger partial charge is 0.433 e. The van der Waals surface area contributed by atoms with Gasteiger partial charge in [0.2, 0.25) is 12.7 Å². The van der Waals surface area contributed by atoms with Crippen LogP contribution in [0.4, 0.5) is 5.88 Å². The van der Waals surface area contributed by atoms with Crippen molar-refractivity contribution in [1.29, 1.82) is 0 Å². The van der Waals surface area contributed by atoms with E-state index in [0.717, 1.165) is 42.8 Å². The van der Waals surface area contributed by atoms with Gasteiger partial charge in [-0.1, -0.05) is 6.07 Å². The molecule has 0 saturated carbocycles. The highest BCUT2D eigenvalue weighted by Crippen LogP contribution is 2.33. The summed E-state index contributed by atoms with van der Waals surface area (Å²) in [5, 5.41) is 10.7. The third-order valence-electron chi connectivity index (χ3n) is 6.03. The van der Waals surface area contributed by atoms with Gasteiger partial charge in [0, 0.05) is 45.8 Å². The number of hydrogen-bond acceptors (Lipinski definition) is 8. The lowest BCUT2D eigenvalue weighted by atomic mass is 9.97. The molecule has 0 aliphatic carbocycles. The topological polar surface area (TPSA) is 119 Å². The van der Waals surface area contributed by atoms with E-state index in [9.17, 15) is 19.7 Å². The number of benzene rings is 1. The highest BCUT2D eigenvalue weighted by Gasteiger charge is 2.40. The van der Waals surface area contributed by atoms with Gasteiger partial charge in [-0.05, 0) is 23.8 Å². The largest absolute Gasteiger partial charge is 0.454 e. The van der Waals surface area contributed by atoms with Gasteiger partial charge in [0.1, 0.15) is 4.92 Å². The number of rotatable bonds is 5. The number of fused-ring (bicyclic) bond motifs is 1. The Labute approximate surface area is 183 Å². The van der Waals surface area contributed by atoms with Crippen LogP contribution in [0.1, 0.15) is 16.1 Å². The molecule has 2 aromatic rings. The summed E-state index contributed by atoms with van der Waals surface area (Å²) in [7, 11) is 0. The van der Waals surface area contributed by atoms with Crippen molar-refractivity contribution in [1.82, 2.24) is 14.7 Å². The number of likely N-dealkylation sites (tertiary alicyclic amines) is 1. The first-order valence-electron chi connectivity index (χ1n) is 10.4. The lowest BCUT2D eigenvalue weighted by molar-refractivity contribution is -0.402. The first kappa shape index (κ1) is 20.3. The molecule has 11 heteroatoms. The van der Waals surface area contributed by atoms with Gasteiger partial charge in [-0.2, -0.15) is 0 Å². The van der Waals surface area contributed by atoms with E-state index in [4.69, 9.17) is 13.9 Å². The molecule has 1 aromatic carbocycles. The number of hydrogen-bond donors (Lipinski definition) is 0. The fraction of sp³-hybridized carbons (Fsp3) is 0.429. The molecule has 0 bridgehead atoms. The fourth-order valence-electron chi connectivity index (χ4n) is 4.18. The number of ether oxygens (including phenoxy) is 2. The summed E-state index contributed by atoms with van der Waals surface area (Å²) >= 11 is 0. The molecular weight excluding hydrogens is 420 g/mol. The predicted molar refractivity (Wildman–Crippen MR) is 109 cm³/mol. The van der Waals surface area contributed by atoms with E-state index in [0.29, 0.717) is 26.2 Å². The van der Waals surface area contributed by atoms with E-state index in [-0.39, 0.29) is 24.4 Å². The maximum atomic E-state index is 12.8. The zero-order valence-electron chi connectivity index (χ0n) is 17.3. The second-order valence-corrected chi connectivity index (χ2v) is 8.09. The number of nitrogens with zero attached hydrogens (tertiary/aromatic N) is 4. The average molecular weight is 442 g/mol. The Kier molecular flexibility index (Phi) is 5.17. The lowest BCUT2D eigenvalue weighted by Gasteiger charge is -2.42. The van der Waals surface area contributed by atoms with Crippen LogP contribution < -0.4 is 9.47 Å². The quantitative estimate of drug-likeness (QED) is 0.503. The Bertz CT molecular complexity index is 1050. The maximum Gasteiger partial charge on any atom is 0.433 e. The molecule has 3 aliphatic heterocycles. The molecule has 0 unspecified atom stereocenters. The number of carbonyl (C=O) groups is 2. The van der Waals surface area contributed by atoms with Gasteiger partial charge >= 0.3 is 5.88 Å². The molecule has 11 nitrogen and oxygen atoms in total. The minimum atomic E-state index is -0.689. The van der Waals surface area contributed by atoms with E-state index < -0.39 is 16.7 Å². The van der Waals surface area contributed by atoms with Gasteiger partial charge in [0.05, 0.1) is 12.0 Å². The molecule has 5 rings (SSSR count). The summed E-state index contributed by atoms with van der Waals surface area (Å²) in [6, 6.07) is 8.38. The zero-order chi connectivity index (χ0) is 22.2. The number of furan rings is 1. The van der Waals surface area contributed by atoms with Crippen molar-refractivity contribution in [3.63, 3.8) is 0 Å². The van der Waals surface area contributed by atoms with Gasteiger partial charge in [-0.3, -0.25) is 24.6 Å². The summed E-state index contributed by atoms with van der Waals surface area (Å²) in [6.07, 6.45) is 0. The highest BCUT2D eigenvalue weighted by molar-refractivity contribution is 5.94. The van der Waals surface area contributed by atoms with Crippen LogP contribution in [0, 0.1) is 16.0 Å². The molecular formula is C21H22N4O7. The van der Waals surface area contributed by atoms with Crippen LogP contribution in [0.5, 0.6) is 11.5 Å². The van der Waals surface area contributed by atoms with Crippen LogP contribution in [-0.2, 0) is 11.3 Å². The molecule has 4 heterocycles. The molecule has 32 heavy (non-hydrogen) atoms.